The van der Waals surface area contributed by atoms with E-state index in [1.807, 2.05) is 6.07 Å². The van der Waals surface area contributed by atoms with Crippen molar-refractivity contribution < 1.29 is 19.1 Å². The molecule has 1 aliphatic carbocycles. The summed E-state index contributed by atoms with van der Waals surface area (Å²) >= 11 is 0. The second kappa shape index (κ2) is 7.23. The number of aliphatic hydroxyl groups is 1. The molecular weight excluding hydrogens is 370 g/mol. The van der Waals surface area contributed by atoms with Crippen LogP contribution in [0.1, 0.15) is 27.7 Å². The molecule has 3 heterocycles. The molecule has 4 atom stereocenters. The van der Waals surface area contributed by atoms with Crippen molar-refractivity contribution in [3.05, 3.63) is 53.7 Å². The molecule has 1 spiro atoms. The number of rotatable bonds is 4. The maximum Gasteiger partial charge on any atom is 0.276 e. The molecule has 0 radical (unpaired) electrons. The molecule has 2 aliphatic heterocycles. The molecular formula is C22H27N3O4. The number of aromatic nitrogens is 1. The highest BCUT2D eigenvalue weighted by atomic mass is 16.5. The third-order valence-electron chi connectivity index (χ3n) is 6.99. The summed E-state index contributed by atoms with van der Waals surface area (Å²) in [4.78, 5) is 21.3. The van der Waals surface area contributed by atoms with Gasteiger partial charge in [0.15, 0.2) is 12.1 Å². The minimum atomic E-state index is -0.546. The molecule has 3 fully saturated rings. The number of nitrogens with zero attached hydrogens (tertiary/aromatic N) is 3. The van der Waals surface area contributed by atoms with Gasteiger partial charge in [-0.05, 0) is 24.3 Å². The van der Waals surface area contributed by atoms with Crippen LogP contribution >= 0.6 is 0 Å². The van der Waals surface area contributed by atoms with Gasteiger partial charge in [0.25, 0.3) is 5.91 Å². The van der Waals surface area contributed by atoms with Gasteiger partial charge in [-0.2, -0.15) is 0 Å². The van der Waals surface area contributed by atoms with Gasteiger partial charge in [0.1, 0.15) is 5.76 Å². The molecule has 2 aromatic rings. The lowest BCUT2D eigenvalue weighted by Gasteiger charge is -2.27. The first-order chi connectivity index (χ1) is 14.1. The number of morpholine rings is 1. The van der Waals surface area contributed by atoms with Gasteiger partial charge < -0.3 is 19.2 Å². The van der Waals surface area contributed by atoms with Crippen LogP contribution in [0, 0.1) is 18.3 Å². The Hall–Kier alpha value is -2.22. The first kappa shape index (κ1) is 18.8. The maximum atomic E-state index is 13.0. The number of ether oxygens (including phenoxy) is 1. The van der Waals surface area contributed by atoms with Crippen molar-refractivity contribution >= 4 is 5.91 Å². The van der Waals surface area contributed by atoms with E-state index in [4.69, 9.17) is 9.15 Å². The lowest BCUT2D eigenvalue weighted by atomic mass is 9.95. The molecule has 1 amide bonds. The van der Waals surface area contributed by atoms with Crippen molar-refractivity contribution in [2.45, 2.75) is 18.9 Å². The van der Waals surface area contributed by atoms with Crippen molar-refractivity contribution in [3.63, 3.8) is 0 Å². The summed E-state index contributed by atoms with van der Waals surface area (Å²) in [6.45, 7) is 6.92. The minimum Gasteiger partial charge on any atom is -0.448 e. The molecule has 7 heteroatoms. The van der Waals surface area contributed by atoms with Crippen LogP contribution in [0.4, 0.5) is 0 Å². The summed E-state index contributed by atoms with van der Waals surface area (Å²) in [6.07, 6.45) is 0.755. The van der Waals surface area contributed by atoms with Crippen molar-refractivity contribution in [3.8, 4) is 0 Å². The monoisotopic (exact) mass is 397 g/mol. The van der Waals surface area contributed by atoms with Crippen LogP contribution in [0.2, 0.25) is 0 Å². The summed E-state index contributed by atoms with van der Waals surface area (Å²) in [5, 5.41) is 11.2. The predicted molar refractivity (Wildman–Crippen MR) is 106 cm³/mol. The molecule has 29 heavy (non-hydrogen) atoms. The number of amides is 1. The molecule has 0 unspecified atom stereocenters. The Labute approximate surface area is 170 Å². The first-order valence-electron chi connectivity index (χ1n) is 10.3. The Morgan fingerprint density at radius 3 is 2.72 bits per heavy atom. The fraction of sp³-hybridized carbons (Fsp3) is 0.545. The number of carbonyl (C=O) groups excluding carboxylic acids is 1. The van der Waals surface area contributed by atoms with E-state index in [9.17, 15) is 9.90 Å². The van der Waals surface area contributed by atoms with Gasteiger partial charge in [-0.15, -0.1) is 0 Å². The number of aryl methyl sites for hydroxylation is 1. The molecule has 3 aliphatic rings. The van der Waals surface area contributed by atoms with Crippen molar-refractivity contribution in [2.24, 2.45) is 11.3 Å². The molecule has 0 bridgehead atoms. The molecule has 1 aromatic carbocycles. The fourth-order valence-corrected chi connectivity index (χ4v) is 5.45. The normalized spacial score (nSPS) is 32.1. The number of aliphatic hydroxyl groups excluding tert-OH is 1. The number of carbonyl (C=O) groups is 1. The van der Waals surface area contributed by atoms with Gasteiger partial charge in [-0.3, -0.25) is 9.69 Å². The summed E-state index contributed by atoms with van der Waals surface area (Å²) in [5.41, 5.74) is 1.29. The number of likely N-dealkylation sites (tertiary alicyclic amines) is 1. The summed E-state index contributed by atoms with van der Waals surface area (Å²) in [5.74, 6) is 0.925. The van der Waals surface area contributed by atoms with E-state index in [0.717, 1.165) is 32.8 Å². The molecule has 7 nitrogen and oxygen atoms in total. The van der Waals surface area contributed by atoms with E-state index in [2.05, 4.69) is 34.1 Å². The molecule has 154 valence electrons. The number of benzene rings is 1. The second-order valence-electron chi connectivity index (χ2n) is 8.48. The van der Waals surface area contributed by atoms with Crippen molar-refractivity contribution in [2.75, 3.05) is 45.9 Å². The van der Waals surface area contributed by atoms with Gasteiger partial charge in [0.2, 0.25) is 0 Å². The van der Waals surface area contributed by atoms with Crippen LogP contribution in [0.5, 0.6) is 0 Å². The number of hydrogen-bond acceptors (Lipinski definition) is 6. The van der Waals surface area contributed by atoms with Crippen LogP contribution < -0.4 is 0 Å². The summed E-state index contributed by atoms with van der Waals surface area (Å²) in [6, 6.07) is 10.4. The molecule has 1 aromatic heterocycles. The zero-order valence-corrected chi connectivity index (χ0v) is 16.7. The van der Waals surface area contributed by atoms with E-state index in [1.165, 1.54) is 12.0 Å². The second-order valence-corrected chi connectivity index (χ2v) is 8.48. The van der Waals surface area contributed by atoms with E-state index in [1.54, 1.807) is 11.8 Å². The topological polar surface area (TPSA) is 79.0 Å². The highest BCUT2D eigenvalue weighted by molar-refractivity contribution is 5.93. The van der Waals surface area contributed by atoms with Crippen molar-refractivity contribution in [1.82, 2.24) is 14.8 Å². The molecule has 5 rings (SSSR count). The Morgan fingerprint density at radius 2 is 2.03 bits per heavy atom. The summed E-state index contributed by atoms with van der Waals surface area (Å²) in [7, 11) is 0. The van der Waals surface area contributed by atoms with E-state index < -0.39 is 6.10 Å². The highest BCUT2D eigenvalue weighted by Gasteiger charge is 2.71. The van der Waals surface area contributed by atoms with Crippen LogP contribution in [0.3, 0.4) is 0 Å². The lowest BCUT2D eigenvalue weighted by Crippen LogP contribution is -2.39. The van der Waals surface area contributed by atoms with Crippen molar-refractivity contribution in [1.29, 1.82) is 0 Å². The number of oxazole rings is 1. The van der Waals surface area contributed by atoms with Crippen LogP contribution in [0.15, 0.2) is 41.1 Å². The number of β-amino-alcohol motifs (C(OH)–C–C–N with tert-alkyl or cyclic N) is 1. The molecule has 2 saturated heterocycles. The SMILES string of the molecule is Cc1ocnc1C(=O)N1C[C@@H](O)[C@@]2(C1)[C@H](CN1CCOCC1)[C@H]2c1ccccc1. The van der Waals surface area contributed by atoms with E-state index >= 15 is 0 Å². The Bertz CT molecular complexity index is 879. The van der Waals surface area contributed by atoms with Gasteiger partial charge >= 0.3 is 0 Å². The Kier molecular flexibility index (Phi) is 4.69. The average Bonchev–Trinajstić information content (AvgIpc) is 2.99. The lowest BCUT2D eigenvalue weighted by molar-refractivity contribution is 0.0311. The van der Waals surface area contributed by atoms with Gasteiger partial charge in [0, 0.05) is 38.1 Å². The zero-order valence-electron chi connectivity index (χ0n) is 16.7. The van der Waals surface area contributed by atoms with Gasteiger partial charge in [-0.25, -0.2) is 4.98 Å². The smallest absolute Gasteiger partial charge is 0.276 e. The average molecular weight is 397 g/mol. The zero-order chi connectivity index (χ0) is 20.0. The Balaban J connectivity index is 1.41. The fourth-order valence-electron chi connectivity index (χ4n) is 5.45. The third-order valence-corrected chi connectivity index (χ3v) is 6.99. The van der Waals surface area contributed by atoms with Crippen LogP contribution in [-0.2, 0) is 4.74 Å². The van der Waals surface area contributed by atoms with E-state index in [0.29, 0.717) is 30.5 Å². The quantitative estimate of drug-likeness (QED) is 0.843. The van der Waals surface area contributed by atoms with Crippen LogP contribution in [-0.4, -0.2) is 77.8 Å². The third kappa shape index (κ3) is 3.08. The highest BCUT2D eigenvalue weighted by Crippen LogP contribution is 2.69. The standard InChI is InChI=1S/C22H27N3O4/c1-15-20(23-14-29-15)21(27)25-12-18(26)22(13-25)17(11-24-7-9-28-10-8-24)19(22)16-5-3-2-4-6-16/h2-6,14,17-19,26H,7-13H2,1H3/t17-,18-,19-,22-/m1/s1. The number of hydrogen-bond donors (Lipinski definition) is 1. The maximum absolute atomic E-state index is 13.0. The molecule has 1 N–H and O–H groups in total. The largest absolute Gasteiger partial charge is 0.448 e. The Morgan fingerprint density at radius 1 is 1.28 bits per heavy atom. The minimum absolute atomic E-state index is 0.156. The van der Waals surface area contributed by atoms with Gasteiger partial charge in [-0.1, -0.05) is 30.3 Å². The summed E-state index contributed by atoms with van der Waals surface area (Å²) < 4.78 is 10.7. The van der Waals surface area contributed by atoms with Gasteiger partial charge in [0.05, 0.1) is 19.3 Å². The van der Waals surface area contributed by atoms with E-state index in [-0.39, 0.29) is 17.2 Å². The van der Waals surface area contributed by atoms with Crippen LogP contribution in [0.25, 0.3) is 0 Å². The molecule has 1 saturated carbocycles. The first-order valence-corrected chi connectivity index (χ1v) is 10.3. The predicted octanol–water partition coefficient (Wildman–Crippen LogP) is 1.53.